The van der Waals surface area contributed by atoms with Gasteiger partial charge >= 0.3 is 6.09 Å². The number of ether oxygens (including phenoxy) is 1. The number of carbonyl (C=O) groups is 1. The number of thiazole rings is 1. The molecule has 2 heterocycles. The number of carbonyl (C=O) groups excluding carboxylic acids is 1. The van der Waals surface area contributed by atoms with E-state index in [1.807, 2.05) is 31.1 Å². The Morgan fingerprint density at radius 2 is 1.92 bits per heavy atom. The number of hydrogen-bond donors (Lipinski definition) is 1. The maximum atomic E-state index is 12.1. The van der Waals surface area contributed by atoms with Crippen LogP contribution in [-0.4, -0.2) is 58.6 Å². The van der Waals surface area contributed by atoms with Gasteiger partial charge in [0.25, 0.3) is 0 Å². The highest BCUT2D eigenvalue weighted by molar-refractivity contribution is 7.09. The van der Waals surface area contributed by atoms with Crippen LogP contribution in [0.5, 0.6) is 0 Å². The molecule has 0 unspecified atom stereocenters. The molecular formula is C17H29N5O2S. The van der Waals surface area contributed by atoms with Crippen LogP contribution in [0.15, 0.2) is 10.4 Å². The Hall–Kier alpha value is -1.83. The molecule has 1 aromatic heterocycles. The molecule has 1 fully saturated rings. The summed E-state index contributed by atoms with van der Waals surface area (Å²) in [7, 11) is 0. The first-order valence-corrected chi connectivity index (χ1v) is 9.51. The highest BCUT2D eigenvalue weighted by Crippen LogP contribution is 2.19. The van der Waals surface area contributed by atoms with Crippen molar-refractivity contribution in [2.45, 2.75) is 52.7 Å². The van der Waals surface area contributed by atoms with Crippen molar-refractivity contribution in [3.8, 4) is 0 Å². The van der Waals surface area contributed by atoms with Gasteiger partial charge in [-0.2, -0.15) is 0 Å². The smallest absolute Gasteiger partial charge is 0.410 e. The molecular weight excluding hydrogens is 338 g/mol. The molecule has 2 N–H and O–H groups in total. The summed E-state index contributed by atoms with van der Waals surface area (Å²) in [5.41, 5.74) is 6.58. The minimum Gasteiger partial charge on any atom is -0.444 e. The molecule has 0 bridgehead atoms. The van der Waals surface area contributed by atoms with Gasteiger partial charge in [-0.15, -0.1) is 11.3 Å². The van der Waals surface area contributed by atoms with E-state index in [1.54, 1.807) is 16.2 Å². The van der Waals surface area contributed by atoms with E-state index < -0.39 is 5.60 Å². The maximum Gasteiger partial charge on any atom is 0.410 e. The Morgan fingerprint density at radius 3 is 2.44 bits per heavy atom. The van der Waals surface area contributed by atoms with Gasteiger partial charge < -0.3 is 20.3 Å². The number of amides is 1. The predicted molar refractivity (Wildman–Crippen MR) is 101 cm³/mol. The van der Waals surface area contributed by atoms with Gasteiger partial charge in [0.15, 0.2) is 5.96 Å². The highest BCUT2D eigenvalue weighted by atomic mass is 32.1. The molecule has 25 heavy (non-hydrogen) atoms. The van der Waals surface area contributed by atoms with E-state index in [2.05, 4.69) is 23.8 Å². The lowest BCUT2D eigenvalue weighted by Gasteiger charge is -2.36. The van der Waals surface area contributed by atoms with Gasteiger partial charge in [-0.1, -0.05) is 13.8 Å². The van der Waals surface area contributed by atoms with Crippen molar-refractivity contribution in [3.63, 3.8) is 0 Å². The molecule has 1 aliphatic rings. The van der Waals surface area contributed by atoms with E-state index in [9.17, 15) is 4.79 Å². The normalized spacial score (nSPS) is 16.5. The van der Waals surface area contributed by atoms with E-state index in [-0.39, 0.29) is 6.09 Å². The predicted octanol–water partition coefficient (Wildman–Crippen LogP) is 2.63. The lowest BCUT2D eigenvalue weighted by Crippen LogP contribution is -2.53. The summed E-state index contributed by atoms with van der Waals surface area (Å²) in [5, 5.41) is 3.15. The van der Waals surface area contributed by atoms with Crippen molar-refractivity contribution in [1.82, 2.24) is 14.8 Å². The molecule has 1 aliphatic heterocycles. The van der Waals surface area contributed by atoms with Crippen LogP contribution in [0, 0.1) is 0 Å². The van der Waals surface area contributed by atoms with Crippen LogP contribution in [0.25, 0.3) is 0 Å². The molecule has 8 heteroatoms. The molecule has 0 spiro atoms. The average molecular weight is 368 g/mol. The lowest BCUT2D eigenvalue weighted by molar-refractivity contribution is 0.0186. The number of piperazine rings is 1. The molecule has 0 aliphatic carbocycles. The van der Waals surface area contributed by atoms with Gasteiger partial charge in [0.05, 0.1) is 17.2 Å². The average Bonchev–Trinajstić information content (AvgIpc) is 3.00. The summed E-state index contributed by atoms with van der Waals surface area (Å²) in [6.45, 7) is 12.8. The minimum absolute atomic E-state index is 0.272. The molecule has 1 saturated heterocycles. The number of aliphatic imine (C=N–C) groups is 1. The zero-order valence-electron chi connectivity index (χ0n) is 15.8. The van der Waals surface area contributed by atoms with Gasteiger partial charge in [-0.3, -0.25) is 0 Å². The fourth-order valence-electron chi connectivity index (χ4n) is 2.37. The number of nitrogens with two attached hydrogens (primary N) is 1. The van der Waals surface area contributed by atoms with Crippen LogP contribution in [0.3, 0.4) is 0 Å². The Morgan fingerprint density at radius 1 is 1.32 bits per heavy atom. The Kier molecular flexibility index (Phi) is 6.26. The van der Waals surface area contributed by atoms with Crippen LogP contribution < -0.4 is 5.73 Å². The fraction of sp³-hybridized carbons (Fsp3) is 0.706. The summed E-state index contributed by atoms with van der Waals surface area (Å²) in [6, 6.07) is 0. The molecule has 1 aromatic rings. The largest absolute Gasteiger partial charge is 0.444 e. The van der Waals surface area contributed by atoms with Gasteiger partial charge in [0.2, 0.25) is 0 Å². The topological polar surface area (TPSA) is 84.0 Å². The minimum atomic E-state index is -0.475. The summed E-state index contributed by atoms with van der Waals surface area (Å²) >= 11 is 1.66. The van der Waals surface area contributed by atoms with Crippen LogP contribution in [0.2, 0.25) is 0 Å². The molecule has 0 atom stereocenters. The summed E-state index contributed by atoms with van der Waals surface area (Å²) in [4.78, 5) is 24.8. The van der Waals surface area contributed by atoms with E-state index in [0.29, 0.717) is 44.6 Å². The van der Waals surface area contributed by atoms with E-state index >= 15 is 0 Å². The van der Waals surface area contributed by atoms with Crippen molar-refractivity contribution in [1.29, 1.82) is 0 Å². The van der Waals surface area contributed by atoms with Crippen molar-refractivity contribution in [3.05, 3.63) is 16.1 Å². The number of guanidine groups is 1. The van der Waals surface area contributed by atoms with E-state index in [4.69, 9.17) is 10.5 Å². The monoisotopic (exact) mass is 367 g/mol. The zero-order chi connectivity index (χ0) is 18.6. The third-order valence-electron chi connectivity index (χ3n) is 3.72. The second-order valence-electron chi connectivity index (χ2n) is 7.46. The van der Waals surface area contributed by atoms with Gasteiger partial charge in [-0.25, -0.2) is 14.8 Å². The standard InChI is InChI=1S/C17H29N5O2S/c1-12(2)14-20-13(11-25-14)10-19-15(18)21-6-8-22(9-7-21)16(23)24-17(3,4)5/h11-12H,6-10H2,1-5H3,(H2,18,19). The second kappa shape index (κ2) is 8.03. The Labute approximate surface area is 153 Å². The van der Waals surface area contributed by atoms with E-state index in [1.165, 1.54) is 0 Å². The van der Waals surface area contributed by atoms with Gasteiger partial charge in [0, 0.05) is 37.5 Å². The molecule has 1 amide bonds. The highest BCUT2D eigenvalue weighted by Gasteiger charge is 2.26. The van der Waals surface area contributed by atoms with Crippen LogP contribution >= 0.6 is 11.3 Å². The molecule has 0 saturated carbocycles. The van der Waals surface area contributed by atoms with Crippen molar-refractivity contribution in [2.75, 3.05) is 26.2 Å². The molecule has 2 rings (SSSR count). The quantitative estimate of drug-likeness (QED) is 0.656. The summed E-state index contributed by atoms with van der Waals surface area (Å²) in [6.07, 6.45) is -0.272. The Balaban J connectivity index is 1.83. The summed E-state index contributed by atoms with van der Waals surface area (Å²) < 4.78 is 5.40. The molecule has 7 nitrogen and oxygen atoms in total. The van der Waals surface area contributed by atoms with Crippen molar-refractivity contribution in [2.24, 2.45) is 10.7 Å². The van der Waals surface area contributed by atoms with Crippen LogP contribution in [0.4, 0.5) is 4.79 Å². The number of hydrogen-bond acceptors (Lipinski definition) is 5. The molecule has 0 radical (unpaired) electrons. The molecule has 0 aromatic carbocycles. The van der Waals surface area contributed by atoms with Crippen molar-refractivity contribution >= 4 is 23.4 Å². The van der Waals surface area contributed by atoms with Crippen LogP contribution in [-0.2, 0) is 11.3 Å². The first-order chi connectivity index (χ1) is 11.7. The van der Waals surface area contributed by atoms with Gasteiger partial charge in [-0.05, 0) is 20.8 Å². The first-order valence-electron chi connectivity index (χ1n) is 8.63. The Bertz CT molecular complexity index is 613. The number of aromatic nitrogens is 1. The lowest BCUT2D eigenvalue weighted by atomic mass is 10.2. The maximum absolute atomic E-state index is 12.1. The zero-order valence-corrected chi connectivity index (χ0v) is 16.6. The van der Waals surface area contributed by atoms with Crippen LogP contribution in [0.1, 0.15) is 51.2 Å². The molecule has 140 valence electrons. The summed E-state index contributed by atoms with van der Waals surface area (Å²) in [5.74, 6) is 0.934. The second-order valence-corrected chi connectivity index (χ2v) is 8.35. The third kappa shape index (κ3) is 5.88. The third-order valence-corrected chi connectivity index (χ3v) is 4.92. The van der Waals surface area contributed by atoms with Gasteiger partial charge in [0.1, 0.15) is 5.60 Å². The SMILES string of the molecule is CC(C)c1nc(CN=C(N)N2CCN(C(=O)OC(C)(C)C)CC2)cs1. The van der Waals surface area contributed by atoms with Crippen molar-refractivity contribution < 1.29 is 9.53 Å². The van der Waals surface area contributed by atoms with E-state index in [0.717, 1.165) is 10.7 Å². The fourth-order valence-corrected chi connectivity index (χ4v) is 3.19. The first kappa shape index (κ1) is 19.5. The number of rotatable bonds is 3. The number of nitrogens with zero attached hydrogens (tertiary/aromatic N) is 4.